The molecule has 0 fully saturated rings. The average molecular weight is 467 g/mol. The van der Waals surface area contributed by atoms with Crippen LogP contribution in [-0.2, 0) is 11.3 Å². The minimum Gasteiger partial charge on any atom is -0.391 e. The molecule has 0 unspecified atom stereocenters. The molecule has 0 bridgehead atoms. The van der Waals surface area contributed by atoms with Crippen LogP contribution in [0, 0.1) is 11.8 Å². The normalized spacial score (nSPS) is 12.4. The molecule has 0 spiro atoms. The van der Waals surface area contributed by atoms with E-state index in [9.17, 15) is 14.7 Å². The van der Waals surface area contributed by atoms with Crippen LogP contribution in [0.3, 0.4) is 0 Å². The molecule has 182 valence electrons. The third-order valence-electron chi connectivity index (χ3n) is 5.15. The molecule has 0 heterocycles. The Hall–Kier alpha value is -3.22. The highest BCUT2D eigenvalue weighted by Crippen LogP contribution is 2.07. The number of nitrogens with zero attached hydrogens (tertiary/aromatic N) is 1. The second-order valence-corrected chi connectivity index (χ2v) is 8.38. The van der Waals surface area contributed by atoms with Crippen LogP contribution in [0.2, 0.25) is 0 Å². The smallest absolute Gasteiger partial charge is 0.268 e. The second-order valence-electron chi connectivity index (χ2n) is 8.38. The van der Waals surface area contributed by atoms with E-state index in [1.54, 1.807) is 24.3 Å². The van der Waals surface area contributed by atoms with E-state index in [0.717, 1.165) is 37.2 Å². The topological polar surface area (TPSA) is 114 Å². The molecule has 0 saturated heterocycles. The summed E-state index contributed by atoms with van der Waals surface area (Å²) in [5.41, 5.74) is 4.58. The van der Waals surface area contributed by atoms with E-state index < -0.39 is 24.0 Å². The number of nitrogens with one attached hydrogen (secondary N) is 3. The van der Waals surface area contributed by atoms with E-state index in [2.05, 4.69) is 53.6 Å². The maximum absolute atomic E-state index is 12.3. The predicted octanol–water partition coefficient (Wildman–Crippen LogP) is 1.50. The summed E-state index contributed by atoms with van der Waals surface area (Å²) in [5, 5.41) is 24.2. The van der Waals surface area contributed by atoms with Gasteiger partial charge in [0.2, 0.25) is 0 Å². The van der Waals surface area contributed by atoms with Crippen molar-refractivity contribution in [2.24, 2.45) is 0 Å². The van der Waals surface area contributed by atoms with Crippen LogP contribution in [0.5, 0.6) is 0 Å². The summed E-state index contributed by atoms with van der Waals surface area (Å²) >= 11 is 0. The summed E-state index contributed by atoms with van der Waals surface area (Å²) in [6, 6.07) is 13.4. The Labute approximate surface area is 201 Å². The third kappa shape index (κ3) is 9.33. The number of aliphatic hydroxyl groups excluding tert-OH is 1. The van der Waals surface area contributed by atoms with E-state index in [0.29, 0.717) is 5.56 Å². The van der Waals surface area contributed by atoms with Gasteiger partial charge in [-0.2, -0.15) is 0 Å². The lowest BCUT2D eigenvalue weighted by Gasteiger charge is -2.19. The van der Waals surface area contributed by atoms with E-state index in [4.69, 9.17) is 5.21 Å². The first kappa shape index (κ1) is 27.0. The lowest BCUT2D eigenvalue weighted by atomic mass is 10.1. The number of benzene rings is 2. The van der Waals surface area contributed by atoms with Gasteiger partial charge in [0.1, 0.15) is 6.04 Å². The van der Waals surface area contributed by atoms with Crippen molar-refractivity contribution < 1.29 is 19.9 Å². The number of carbonyl (C=O) groups is 2. The standard InChI is InChI=1S/C26H34N4O4/c1-19(31)24(26(33)29-34)28-25(32)23-14-12-21(13-15-23)7-6-20-8-10-22(11-9-20)18-27-16-4-5-17-30(2)3/h8-15,19,24,27,31,34H,4-5,16-18H2,1-3H3,(H,28,32)(H,29,33)/t19-,24+/m1/s1. The third-order valence-corrected chi connectivity index (χ3v) is 5.15. The lowest BCUT2D eigenvalue weighted by Crippen LogP contribution is -2.51. The highest BCUT2D eigenvalue weighted by Gasteiger charge is 2.25. The van der Waals surface area contributed by atoms with E-state index in [-0.39, 0.29) is 0 Å². The number of hydrogen-bond acceptors (Lipinski definition) is 6. The summed E-state index contributed by atoms with van der Waals surface area (Å²) in [6.45, 7) is 4.28. The van der Waals surface area contributed by atoms with Gasteiger partial charge < -0.3 is 20.6 Å². The van der Waals surface area contributed by atoms with Crippen molar-refractivity contribution in [1.29, 1.82) is 0 Å². The number of amides is 2. The molecular weight excluding hydrogens is 432 g/mol. The van der Waals surface area contributed by atoms with Crippen LogP contribution in [0.25, 0.3) is 0 Å². The van der Waals surface area contributed by atoms with Gasteiger partial charge in [-0.05, 0) is 88.9 Å². The number of rotatable bonds is 11. The van der Waals surface area contributed by atoms with Crippen LogP contribution in [0.1, 0.15) is 46.8 Å². The van der Waals surface area contributed by atoms with Crippen molar-refractivity contribution in [3.05, 3.63) is 70.8 Å². The average Bonchev–Trinajstić information content (AvgIpc) is 2.83. The van der Waals surface area contributed by atoms with Gasteiger partial charge in [-0.1, -0.05) is 24.0 Å². The zero-order valence-corrected chi connectivity index (χ0v) is 20.0. The molecule has 8 heteroatoms. The van der Waals surface area contributed by atoms with Crippen molar-refractivity contribution in [3.63, 3.8) is 0 Å². The molecule has 0 aliphatic rings. The van der Waals surface area contributed by atoms with Gasteiger partial charge in [0.15, 0.2) is 0 Å². The number of unbranched alkanes of at least 4 members (excludes halogenated alkanes) is 1. The summed E-state index contributed by atoms with van der Waals surface area (Å²) in [6.07, 6.45) is 1.17. The van der Waals surface area contributed by atoms with E-state index in [1.807, 2.05) is 12.1 Å². The molecular formula is C26H34N4O4. The van der Waals surface area contributed by atoms with E-state index in [1.165, 1.54) is 24.4 Å². The highest BCUT2D eigenvalue weighted by atomic mass is 16.5. The first-order valence-electron chi connectivity index (χ1n) is 11.3. The van der Waals surface area contributed by atoms with Crippen molar-refractivity contribution in [2.75, 3.05) is 27.2 Å². The van der Waals surface area contributed by atoms with Gasteiger partial charge >= 0.3 is 0 Å². The minimum absolute atomic E-state index is 0.306. The molecule has 2 atom stereocenters. The van der Waals surface area contributed by atoms with Crippen LogP contribution in [0.15, 0.2) is 48.5 Å². The van der Waals surface area contributed by atoms with Gasteiger partial charge in [0.25, 0.3) is 11.8 Å². The Morgan fingerprint density at radius 2 is 1.56 bits per heavy atom. The van der Waals surface area contributed by atoms with Crippen LogP contribution in [0.4, 0.5) is 0 Å². The quantitative estimate of drug-likeness (QED) is 0.148. The van der Waals surface area contributed by atoms with Crippen LogP contribution < -0.4 is 16.1 Å². The molecule has 2 aromatic carbocycles. The molecule has 5 N–H and O–H groups in total. The fourth-order valence-electron chi connectivity index (χ4n) is 3.17. The van der Waals surface area contributed by atoms with Crippen molar-refractivity contribution >= 4 is 11.8 Å². The van der Waals surface area contributed by atoms with Gasteiger partial charge in [-0.15, -0.1) is 0 Å². The number of carbonyl (C=O) groups excluding carboxylic acids is 2. The van der Waals surface area contributed by atoms with Gasteiger partial charge in [0.05, 0.1) is 6.10 Å². The highest BCUT2D eigenvalue weighted by molar-refractivity contribution is 5.97. The lowest BCUT2D eigenvalue weighted by molar-refractivity contribution is -0.133. The SMILES string of the molecule is C[C@@H](O)[C@H](NC(=O)c1ccc(C#Cc2ccc(CNCCCCN(C)C)cc2)cc1)C(=O)NO. The second kappa shape index (κ2) is 14.1. The largest absolute Gasteiger partial charge is 0.391 e. The molecule has 2 amide bonds. The molecule has 0 aliphatic carbocycles. The number of aliphatic hydroxyl groups is 1. The summed E-state index contributed by atoms with van der Waals surface area (Å²) in [5.74, 6) is 4.74. The zero-order chi connectivity index (χ0) is 24.9. The van der Waals surface area contributed by atoms with Crippen molar-refractivity contribution in [3.8, 4) is 11.8 Å². The molecule has 0 saturated carbocycles. The Morgan fingerprint density at radius 3 is 2.09 bits per heavy atom. The van der Waals surface area contributed by atoms with Crippen molar-refractivity contribution in [2.45, 2.75) is 38.5 Å². The molecule has 0 aromatic heterocycles. The summed E-state index contributed by atoms with van der Waals surface area (Å²) in [4.78, 5) is 26.1. The molecule has 0 aliphatic heterocycles. The maximum Gasteiger partial charge on any atom is 0.268 e. The number of hydrogen-bond donors (Lipinski definition) is 5. The monoisotopic (exact) mass is 466 g/mol. The Balaban J connectivity index is 1.87. The summed E-state index contributed by atoms with van der Waals surface area (Å²) < 4.78 is 0. The first-order valence-corrected chi connectivity index (χ1v) is 11.3. The first-order chi connectivity index (χ1) is 16.3. The minimum atomic E-state index is -1.27. The fourth-order valence-corrected chi connectivity index (χ4v) is 3.17. The molecule has 34 heavy (non-hydrogen) atoms. The Bertz CT molecular complexity index is 977. The Morgan fingerprint density at radius 1 is 0.971 bits per heavy atom. The van der Waals surface area contributed by atoms with Crippen molar-refractivity contribution in [1.82, 2.24) is 21.0 Å². The van der Waals surface area contributed by atoms with Crippen LogP contribution >= 0.6 is 0 Å². The van der Waals surface area contributed by atoms with Gasteiger partial charge in [-0.25, -0.2) is 5.48 Å². The summed E-state index contributed by atoms with van der Waals surface area (Å²) in [7, 11) is 4.18. The van der Waals surface area contributed by atoms with Gasteiger partial charge in [0, 0.05) is 23.2 Å². The zero-order valence-electron chi connectivity index (χ0n) is 20.0. The fraction of sp³-hybridized carbons (Fsp3) is 0.385. The van der Waals surface area contributed by atoms with Gasteiger partial charge in [-0.3, -0.25) is 14.8 Å². The molecule has 0 radical (unpaired) electrons. The molecule has 8 nitrogen and oxygen atoms in total. The predicted molar refractivity (Wildman–Crippen MR) is 131 cm³/mol. The Kier molecular flexibility index (Phi) is 11.2. The maximum atomic E-state index is 12.3. The molecule has 2 rings (SSSR count). The van der Waals surface area contributed by atoms with E-state index >= 15 is 0 Å². The number of hydroxylamine groups is 1. The van der Waals surface area contributed by atoms with Crippen LogP contribution in [-0.4, -0.2) is 66.4 Å². The molecule has 2 aromatic rings.